The molecular weight excluding hydrogens is 434 g/mol. The van der Waals surface area contributed by atoms with Crippen LogP contribution in [-0.2, 0) is 4.79 Å². The molecule has 0 radical (unpaired) electrons. The number of rotatable bonds is 5. The maximum atomic E-state index is 12.6. The molecule has 3 aromatic carbocycles. The number of nitrogens with one attached hydrogen (secondary N) is 1. The number of benzene rings is 3. The smallest absolute Gasteiger partial charge is 0.241 e. The van der Waals surface area contributed by atoms with Gasteiger partial charge in [-0.15, -0.1) is 0 Å². The van der Waals surface area contributed by atoms with Crippen molar-refractivity contribution in [1.29, 1.82) is 0 Å². The average Bonchev–Trinajstić information content (AvgIpc) is 3.10. The van der Waals surface area contributed by atoms with Crippen LogP contribution < -0.4 is 10.3 Å². The Morgan fingerprint density at radius 3 is 2.15 bits per heavy atom. The Bertz CT molecular complexity index is 1300. The van der Waals surface area contributed by atoms with Crippen molar-refractivity contribution in [2.75, 3.05) is 11.4 Å². The second-order valence-electron chi connectivity index (χ2n) is 7.77. The lowest BCUT2D eigenvalue weighted by Crippen LogP contribution is -2.28. The molecule has 2 aliphatic rings. The molecule has 6 nitrogen and oxygen atoms in total. The molecule has 0 spiro atoms. The van der Waals surface area contributed by atoms with Crippen molar-refractivity contribution >= 4 is 46.3 Å². The van der Waals surface area contributed by atoms with Gasteiger partial charge >= 0.3 is 0 Å². The minimum absolute atomic E-state index is 0.106. The van der Waals surface area contributed by atoms with E-state index < -0.39 is 0 Å². The number of anilines is 2. The Hall–Kier alpha value is -3.84. The highest BCUT2D eigenvalue weighted by Crippen LogP contribution is 2.47. The van der Waals surface area contributed by atoms with E-state index in [0.29, 0.717) is 17.7 Å². The van der Waals surface area contributed by atoms with Crippen molar-refractivity contribution in [1.82, 2.24) is 5.43 Å². The van der Waals surface area contributed by atoms with Crippen LogP contribution in [0, 0.1) is 0 Å². The van der Waals surface area contributed by atoms with Gasteiger partial charge in [-0.2, -0.15) is 5.10 Å². The molecule has 1 heterocycles. The first-order valence-electron chi connectivity index (χ1n) is 10.6. The number of aliphatic hydroxyl groups is 1. The van der Waals surface area contributed by atoms with Crippen molar-refractivity contribution < 1.29 is 14.7 Å². The van der Waals surface area contributed by atoms with Gasteiger partial charge in [-0.05, 0) is 31.2 Å². The number of allylic oxidation sites excluding steroid dienone is 1. The Morgan fingerprint density at radius 2 is 1.52 bits per heavy atom. The molecule has 1 aliphatic heterocycles. The third kappa shape index (κ3) is 3.81. The van der Waals surface area contributed by atoms with Crippen molar-refractivity contribution in [3.05, 3.63) is 89.5 Å². The van der Waals surface area contributed by atoms with E-state index in [9.17, 15) is 14.7 Å². The van der Waals surface area contributed by atoms with Gasteiger partial charge in [0.1, 0.15) is 5.76 Å². The summed E-state index contributed by atoms with van der Waals surface area (Å²) in [5.74, 6) is -0.673. The third-order valence-corrected chi connectivity index (χ3v) is 6.83. The van der Waals surface area contributed by atoms with Crippen LogP contribution in [0.25, 0.3) is 5.76 Å². The summed E-state index contributed by atoms with van der Waals surface area (Å²) in [4.78, 5) is 29.7. The Balaban J connectivity index is 1.29. The Labute approximate surface area is 195 Å². The van der Waals surface area contributed by atoms with E-state index >= 15 is 0 Å². The molecule has 1 aliphatic carbocycles. The zero-order chi connectivity index (χ0) is 22.9. The van der Waals surface area contributed by atoms with Crippen molar-refractivity contribution in [2.24, 2.45) is 5.10 Å². The Kier molecular flexibility index (Phi) is 5.48. The van der Waals surface area contributed by atoms with Gasteiger partial charge in [0.2, 0.25) is 5.91 Å². The number of hydrogen-bond donors (Lipinski definition) is 2. The predicted octanol–water partition coefficient (Wildman–Crippen LogP) is 5.34. The van der Waals surface area contributed by atoms with Crippen LogP contribution in [0.3, 0.4) is 0 Å². The van der Waals surface area contributed by atoms with Crippen molar-refractivity contribution in [3.8, 4) is 0 Å². The number of nitrogens with zero attached hydrogens (tertiary/aromatic N) is 2. The zero-order valence-corrected chi connectivity index (χ0v) is 18.7. The third-order valence-electron chi connectivity index (χ3n) is 5.70. The fraction of sp³-hybridized carbons (Fsp3) is 0.115. The lowest BCUT2D eigenvalue weighted by Gasteiger charge is -2.32. The maximum Gasteiger partial charge on any atom is 0.241 e. The van der Waals surface area contributed by atoms with Crippen molar-refractivity contribution in [3.63, 3.8) is 0 Å². The van der Waals surface area contributed by atoms with E-state index in [1.807, 2.05) is 24.3 Å². The number of Topliss-reactive ketones (excluding diaryl/α,β-unsaturated/α-hetero) is 1. The van der Waals surface area contributed by atoms with E-state index in [1.165, 1.54) is 0 Å². The first-order chi connectivity index (χ1) is 16.0. The number of hydrazone groups is 1. The molecule has 3 aromatic rings. The van der Waals surface area contributed by atoms with Gasteiger partial charge in [0.05, 0.1) is 22.7 Å². The highest BCUT2D eigenvalue weighted by atomic mass is 32.2. The molecule has 7 heteroatoms. The summed E-state index contributed by atoms with van der Waals surface area (Å²) in [5.41, 5.74) is 5.98. The molecule has 164 valence electrons. The number of carbonyl (C=O) groups excluding carboxylic acids is 2. The van der Waals surface area contributed by atoms with Gasteiger partial charge in [-0.25, -0.2) is 5.43 Å². The minimum Gasteiger partial charge on any atom is -0.506 e. The number of fused-ring (bicyclic) bond motifs is 3. The zero-order valence-electron chi connectivity index (χ0n) is 17.9. The summed E-state index contributed by atoms with van der Waals surface area (Å²) in [6, 6.07) is 23.1. The molecule has 0 saturated carbocycles. The highest BCUT2D eigenvalue weighted by molar-refractivity contribution is 7.99. The van der Waals surface area contributed by atoms with E-state index in [4.69, 9.17) is 0 Å². The van der Waals surface area contributed by atoms with Crippen LogP contribution in [-0.4, -0.2) is 29.1 Å². The lowest BCUT2D eigenvalue weighted by atomic mass is 10.1. The maximum absolute atomic E-state index is 12.6. The van der Waals surface area contributed by atoms with E-state index in [2.05, 4.69) is 39.7 Å². The molecule has 0 fully saturated rings. The number of amides is 1. The SMILES string of the molecule is C/C(=N/NC(=O)CCN1c2ccccc2Sc2ccccc21)C1=C(O)c2ccccc2C1=O. The molecule has 0 atom stereocenters. The monoisotopic (exact) mass is 455 g/mol. The van der Waals surface area contributed by atoms with Gasteiger partial charge in [0.25, 0.3) is 0 Å². The van der Waals surface area contributed by atoms with Crippen LogP contribution in [0.15, 0.2) is 93.3 Å². The molecule has 0 aromatic heterocycles. The van der Waals surface area contributed by atoms with Crippen LogP contribution in [0.2, 0.25) is 0 Å². The average molecular weight is 456 g/mol. The van der Waals surface area contributed by atoms with Gasteiger partial charge in [-0.1, -0.05) is 60.3 Å². The summed E-state index contributed by atoms with van der Waals surface area (Å²) < 4.78 is 0. The van der Waals surface area contributed by atoms with Gasteiger partial charge in [0.15, 0.2) is 5.78 Å². The van der Waals surface area contributed by atoms with Crippen LogP contribution in [0.5, 0.6) is 0 Å². The first kappa shape index (κ1) is 21.0. The summed E-state index contributed by atoms with van der Waals surface area (Å²) in [5, 5.41) is 14.6. The lowest BCUT2D eigenvalue weighted by molar-refractivity contribution is -0.120. The molecule has 33 heavy (non-hydrogen) atoms. The van der Waals surface area contributed by atoms with Crippen LogP contribution in [0.4, 0.5) is 11.4 Å². The number of carbonyl (C=O) groups is 2. The minimum atomic E-state index is -0.294. The van der Waals surface area contributed by atoms with Crippen LogP contribution >= 0.6 is 11.8 Å². The van der Waals surface area contributed by atoms with Crippen LogP contribution in [0.1, 0.15) is 29.3 Å². The quantitative estimate of drug-likeness (QED) is 0.401. The second-order valence-corrected chi connectivity index (χ2v) is 8.85. The van der Waals surface area contributed by atoms with Gasteiger partial charge in [0, 0.05) is 33.9 Å². The molecule has 0 saturated heterocycles. The number of hydrogen-bond acceptors (Lipinski definition) is 6. The van der Waals surface area contributed by atoms with Crippen molar-refractivity contribution in [2.45, 2.75) is 23.1 Å². The topological polar surface area (TPSA) is 82.0 Å². The standard InChI is InChI=1S/C26H21N3O3S/c1-16(24-25(31)17-8-2-3-9-18(17)26(24)32)27-28-23(30)14-15-29-19-10-4-6-12-21(19)33-22-13-7-5-11-20(22)29/h2-13,31H,14-15H2,1H3,(H,28,30)/b27-16-. The predicted molar refractivity (Wildman–Crippen MR) is 130 cm³/mol. The summed E-state index contributed by atoms with van der Waals surface area (Å²) in [7, 11) is 0. The first-order valence-corrected chi connectivity index (χ1v) is 11.4. The number of aliphatic hydroxyl groups excluding tert-OH is 1. The number of ketones is 1. The van der Waals surface area contributed by atoms with E-state index in [0.717, 1.165) is 21.2 Å². The fourth-order valence-electron chi connectivity index (χ4n) is 4.09. The van der Waals surface area contributed by atoms with E-state index in [1.54, 1.807) is 43.0 Å². The molecule has 5 rings (SSSR count). The fourth-order valence-corrected chi connectivity index (χ4v) is 5.19. The van der Waals surface area contributed by atoms with Gasteiger partial charge in [-0.3, -0.25) is 9.59 Å². The summed E-state index contributed by atoms with van der Waals surface area (Å²) in [6.07, 6.45) is 0.212. The molecule has 1 amide bonds. The van der Waals surface area contributed by atoms with Gasteiger partial charge < -0.3 is 10.0 Å². The Morgan fingerprint density at radius 1 is 0.939 bits per heavy atom. The molecule has 0 unspecified atom stereocenters. The second kappa shape index (κ2) is 8.60. The molecule has 0 bridgehead atoms. The summed E-state index contributed by atoms with van der Waals surface area (Å²) in [6.45, 7) is 2.08. The summed E-state index contributed by atoms with van der Waals surface area (Å²) >= 11 is 1.72. The molecular formula is C26H21N3O3S. The molecule has 2 N–H and O–H groups in total. The highest BCUT2D eigenvalue weighted by Gasteiger charge is 2.31. The normalized spacial score (nSPS) is 14.6. The largest absolute Gasteiger partial charge is 0.506 e. The van der Waals surface area contributed by atoms with E-state index in [-0.39, 0.29) is 35.2 Å². The number of para-hydroxylation sites is 2.